The van der Waals surface area contributed by atoms with Crippen molar-refractivity contribution in [1.82, 2.24) is 34.4 Å². The van der Waals surface area contributed by atoms with Gasteiger partial charge in [0.15, 0.2) is 28.6 Å². The Morgan fingerprint density at radius 3 is 2.78 bits per heavy atom. The second-order valence-corrected chi connectivity index (χ2v) is 14.6. The lowest BCUT2D eigenvalue weighted by molar-refractivity contribution is 0.117. The highest BCUT2D eigenvalue weighted by atomic mass is 16.5. The number of aromatic nitrogens is 6. The van der Waals surface area contributed by atoms with Crippen LogP contribution in [0.4, 0.5) is 5.69 Å². The van der Waals surface area contributed by atoms with Crippen LogP contribution in [-0.2, 0) is 23.0 Å². The molecule has 0 bridgehead atoms. The van der Waals surface area contributed by atoms with Crippen LogP contribution in [0.1, 0.15) is 85.9 Å². The summed E-state index contributed by atoms with van der Waals surface area (Å²) in [6.45, 7) is 4.25. The summed E-state index contributed by atoms with van der Waals surface area (Å²) in [5.41, 5.74) is 10.7. The number of rotatable bonds is 6. The number of nitrogen functional groups attached to an aromatic ring is 1. The van der Waals surface area contributed by atoms with Gasteiger partial charge in [0, 0.05) is 47.7 Å². The van der Waals surface area contributed by atoms with Gasteiger partial charge in [0.25, 0.3) is 5.56 Å². The molecule has 9 rings (SSSR count). The molecule has 2 saturated heterocycles. The number of fused-ring (bicyclic) bond motifs is 5. The smallest absolute Gasteiger partial charge is 0.279 e. The number of nitrogens with zero attached hydrogens (tertiary/aromatic N) is 8. The van der Waals surface area contributed by atoms with Gasteiger partial charge in [0.1, 0.15) is 12.2 Å². The molecule has 13 heteroatoms. The maximum atomic E-state index is 13.6. The lowest BCUT2D eigenvalue weighted by Crippen LogP contribution is -2.38. The Bertz CT molecular complexity index is 2260. The number of aryl methyl sites for hydroxylation is 1. The summed E-state index contributed by atoms with van der Waals surface area (Å²) in [4.78, 5) is 25.9. The van der Waals surface area contributed by atoms with E-state index in [0.29, 0.717) is 58.6 Å². The first kappa shape index (κ1) is 31.9. The second kappa shape index (κ2) is 12.3. The average Bonchev–Trinajstić information content (AvgIpc) is 3.96. The van der Waals surface area contributed by atoms with E-state index in [1.54, 1.807) is 15.3 Å². The molecule has 1 spiro atoms. The Hall–Kier alpha value is -5.06. The van der Waals surface area contributed by atoms with Gasteiger partial charge in [0.05, 0.1) is 23.6 Å². The van der Waals surface area contributed by atoms with Crippen molar-refractivity contribution in [3.05, 3.63) is 75.0 Å². The number of pyridine rings is 1. The molecule has 1 aromatic carbocycles. The molecule has 2 aliphatic heterocycles. The zero-order chi connectivity index (χ0) is 34.9. The van der Waals surface area contributed by atoms with Gasteiger partial charge in [-0.05, 0) is 102 Å². The van der Waals surface area contributed by atoms with Gasteiger partial charge in [-0.25, -0.2) is 9.67 Å². The van der Waals surface area contributed by atoms with Gasteiger partial charge in [-0.2, -0.15) is 15.3 Å². The Morgan fingerprint density at radius 1 is 1.14 bits per heavy atom. The summed E-state index contributed by atoms with van der Waals surface area (Å²) >= 11 is 0. The topological polar surface area (TPSA) is 163 Å². The molecule has 4 atom stereocenters. The lowest BCUT2D eigenvalue weighted by Gasteiger charge is -2.41. The molecular weight excluding hydrogens is 646 g/mol. The van der Waals surface area contributed by atoms with E-state index in [1.165, 1.54) is 0 Å². The Labute approximate surface area is 295 Å². The maximum absolute atomic E-state index is 13.6. The maximum Gasteiger partial charge on any atom is 0.279 e. The molecule has 5 aromatic rings. The monoisotopic (exact) mass is 687 g/mol. The third-order valence-electron chi connectivity index (χ3n) is 11.7. The average molecular weight is 688 g/mol. The molecule has 13 nitrogen and oxygen atoms in total. The SMILES string of the molecule is C[C@H](Oc1cc(-n2cc3ccn([C@H]4CCOC4)c(=O)c3n2)nc(-c2noc3c2CCC[C@@]32CCCc3ccc(N)c(C#N)c32)n1)[C@@H]1CCCN1C. The number of hydrogen-bond acceptors (Lipinski definition) is 11. The largest absolute Gasteiger partial charge is 0.473 e. The molecule has 4 aliphatic rings. The quantitative estimate of drug-likeness (QED) is 0.242. The second-order valence-electron chi connectivity index (χ2n) is 14.6. The molecule has 262 valence electrons. The van der Waals surface area contributed by atoms with E-state index in [0.717, 1.165) is 86.8 Å². The third kappa shape index (κ3) is 5.14. The normalized spacial score (nSPS) is 23.7. The Balaban J connectivity index is 1.17. The fourth-order valence-electron chi connectivity index (χ4n) is 9.16. The Morgan fingerprint density at radius 2 is 2.00 bits per heavy atom. The lowest BCUT2D eigenvalue weighted by atomic mass is 9.61. The van der Waals surface area contributed by atoms with Gasteiger partial charge in [-0.1, -0.05) is 11.2 Å². The van der Waals surface area contributed by atoms with Crippen molar-refractivity contribution < 1.29 is 14.0 Å². The molecule has 51 heavy (non-hydrogen) atoms. The van der Waals surface area contributed by atoms with Crippen LogP contribution in [0.2, 0.25) is 0 Å². The molecule has 2 aliphatic carbocycles. The Kier molecular flexibility index (Phi) is 7.70. The van der Waals surface area contributed by atoms with Crippen LogP contribution in [0.15, 0.2) is 46.0 Å². The van der Waals surface area contributed by atoms with Crippen molar-refractivity contribution in [2.24, 2.45) is 0 Å². The zero-order valence-corrected chi connectivity index (χ0v) is 29.0. The first-order valence-corrected chi connectivity index (χ1v) is 18.1. The standard InChI is InChI=1S/C38H41N9O4/c1-22(29-8-5-15-45(29)2)50-31-18-30(47-20-24-11-16-46(25-12-17-49-21-25)37(48)33(24)43-47)41-36(42-31)34-26-7-4-14-38(35(26)51-44-34)13-3-6-23-9-10-28(40)27(19-39)32(23)38/h9-11,16,18,20,22,25,29H,3-8,12-15,17,21,40H2,1-2H3/t22-,25-,29-,38+/m0/s1. The van der Waals surface area contributed by atoms with Gasteiger partial charge in [0.2, 0.25) is 5.88 Å². The van der Waals surface area contributed by atoms with E-state index < -0.39 is 5.41 Å². The van der Waals surface area contributed by atoms with Crippen LogP contribution in [-0.4, -0.2) is 73.3 Å². The van der Waals surface area contributed by atoms with Crippen molar-refractivity contribution in [2.75, 3.05) is 32.5 Å². The van der Waals surface area contributed by atoms with Crippen LogP contribution in [0.3, 0.4) is 0 Å². The number of likely N-dealkylation sites (tertiary alicyclic amines) is 1. The number of anilines is 1. The number of benzene rings is 1. The molecule has 0 unspecified atom stereocenters. The van der Waals surface area contributed by atoms with Crippen LogP contribution in [0.5, 0.6) is 5.88 Å². The van der Waals surface area contributed by atoms with E-state index in [4.69, 9.17) is 34.8 Å². The van der Waals surface area contributed by atoms with Crippen LogP contribution < -0.4 is 16.0 Å². The third-order valence-corrected chi connectivity index (χ3v) is 11.7. The number of likely N-dealkylation sites (N-methyl/N-ethyl adjacent to an activating group) is 1. The van der Waals surface area contributed by atoms with E-state index >= 15 is 0 Å². The highest BCUT2D eigenvalue weighted by molar-refractivity contribution is 5.77. The molecule has 0 amide bonds. The predicted octanol–water partition coefficient (Wildman–Crippen LogP) is 4.87. The van der Waals surface area contributed by atoms with Crippen LogP contribution >= 0.6 is 0 Å². The van der Waals surface area contributed by atoms with Crippen molar-refractivity contribution in [3.63, 3.8) is 0 Å². The number of nitrogens with two attached hydrogens (primary N) is 1. The van der Waals surface area contributed by atoms with Crippen molar-refractivity contribution in [3.8, 4) is 29.3 Å². The summed E-state index contributed by atoms with van der Waals surface area (Å²) < 4.78 is 21.8. The van der Waals surface area contributed by atoms with Gasteiger partial charge >= 0.3 is 0 Å². The minimum Gasteiger partial charge on any atom is -0.473 e. The van der Waals surface area contributed by atoms with Crippen molar-refractivity contribution in [1.29, 1.82) is 5.26 Å². The highest BCUT2D eigenvalue weighted by Crippen LogP contribution is 2.53. The minimum absolute atomic E-state index is 0.00800. The molecule has 0 saturated carbocycles. The van der Waals surface area contributed by atoms with Gasteiger partial charge < -0.3 is 24.3 Å². The molecule has 2 fully saturated rings. The summed E-state index contributed by atoms with van der Waals surface area (Å²) in [7, 11) is 2.13. The first-order chi connectivity index (χ1) is 24.8. The summed E-state index contributed by atoms with van der Waals surface area (Å²) in [6.07, 6.45) is 11.6. The van der Waals surface area contributed by atoms with E-state index in [-0.39, 0.29) is 23.7 Å². The minimum atomic E-state index is -0.505. The fourth-order valence-corrected chi connectivity index (χ4v) is 9.16. The van der Waals surface area contributed by atoms with Crippen LogP contribution in [0, 0.1) is 11.3 Å². The van der Waals surface area contributed by atoms with Crippen molar-refractivity contribution in [2.45, 2.75) is 88.3 Å². The van der Waals surface area contributed by atoms with Crippen LogP contribution in [0.25, 0.3) is 28.2 Å². The summed E-state index contributed by atoms with van der Waals surface area (Å²) in [5.74, 6) is 1.98. The molecule has 6 heterocycles. The fraction of sp³-hybridized carbons (Fsp3) is 0.474. The number of ether oxygens (including phenoxy) is 2. The van der Waals surface area contributed by atoms with Gasteiger partial charge in [-0.3, -0.25) is 9.69 Å². The molecule has 2 N–H and O–H groups in total. The van der Waals surface area contributed by atoms with E-state index in [1.807, 2.05) is 24.5 Å². The van der Waals surface area contributed by atoms with Crippen molar-refractivity contribution >= 4 is 16.6 Å². The molecular formula is C38H41N9O4. The predicted molar refractivity (Wildman–Crippen MR) is 189 cm³/mol. The summed E-state index contributed by atoms with van der Waals surface area (Å²) in [6, 6.07) is 10.2. The first-order valence-electron chi connectivity index (χ1n) is 18.1. The zero-order valence-electron chi connectivity index (χ0n) is 29.0. The molecule has 0 radical (unpaired) electrons. The van der Waals surface area contributed by atoms with Gasteiger partial charge in [-0.15, -0.1) is 0 Å². The van der Waals surface area contributed by atoms with E-state index in [2.05, 4.69) is 36.2 Å². The highest BCUT2D eigenvalue weighted by Gasteiger charge is 2.48. The number of nitriles is 1. The molecule has 4 aromatic heterocycles. The van der Waals surface area contributed by atoms with E-state index in [9.17, 15) is 10.1 Å². The summed E-state index contributed by atoms with van der Waals surface area (Å²) in [5, 5.41) is 20.4. The number of hydrogen-bond donors (Lipinski definition) is 1.